The number of nitrogens with zero attached hydrogens (tertiary/aromatic N) is 1. The Morgan fingerprint density at radius 3 is 2.56 bits per heavy atom. The summed E-state index contributed by atoms with van der Waals surface area (Å²) < 4.78 is 0. The zero-order valence-electron chi connectivity index (χ0n) is 11.4. The van der Waals surface area contributed by atoms with Crippen molar-refractivity contribution >= 4 is 5.91 Å². The standard InChI is InChI=1S/C15H26N2O/c18-15-14(16-13-6-7-13)9-11-17(15)10-8-12-4-2-1-3-5-12/h12-14,16H,1-11H2. The van der Waals surface area contributed by atoms with Crippen molar-refractivity contribution in [3.63, 3.8) is 0 Å². The SMILES string of the molecule is O=C1C(NC2CC2)CCN1CCC1CCCCC1. The molecular weight excluding hydrogens is 224 g/mol. The van der Waals surface area contributed by atoms with Gasteiger partial charge in [0.25, 0.3) is 0 Å². The van der Waals surface area contributed by atoms with Crippen LogP contribution in [0, 0.1) is 5.92 Å². The molecule has 1 unspecified atom stereocenters. The van der Waals surface area contributed by atoms with Gasteiger partial charge in [0.2, 0.25) is 5.91 Å². The molecule has 2 saturated carbocycles. The molecule has 3 fully saturated rings. The summed E-state index contributed by atoms with van der Waals surface area (Å²) in [6.45, 7) is 1.99. The highest BCUT2D eigenvalue weighted by atomic mass is 16.2. The number of hydrogen-bond acceptors (Lipinski definition) is 2. The Bertz CT molecular complexity index is 295. The Morgan fingerprint density at radius 1 is 1.06 bits per heavy atom. The van der Waals surface area contributed by atoms with Crippen LogP contribution in [0.15, 0.2) is 0 Å². The highest BCUT2D eigenvalue weighted by molar-refractivity contribution is 5.84. The van der Waals surface area contributed by atoms with Gasteiger partial charge in [-0.25, -0.2) is 0 Å². The van der Waals surface area contributed by atoms with E-state index in [-0.39, 0.29) is 6.04 Å². The fourth-order valence-electron chi connectivity index (χ4n) is 3.46. The van der Waals surface area contributed by atoms with Gasteiger partial charge >= 0.3 is 0 Å². The minimum atomic E-state index is 0.142. The maximum atomic E-state index is 12.2. The van der Waals surface area contributed by atoms with Crippen LogP contribution in [0.1, 0.15) is 57.8 Å². The molecule has 3 rings (SSSR count). The Labute approximate surface area is 110 Å². The van der Waals surface area contributed by atoms with E-state index in [0.29, 0.717) is 11.9 Å². The van der Waals surface area contributed by atoms with Crippen molar-refractivity contribution in [2.24, 2.45) is 5.92 Å². The summed E-state index contributed by atoms with van der Waals surface area (Å²) in [5, 5.41) is 3.48. The summed E-state index contributed by atoms with van der Waals surface area (Å²) in [6.07, 6.45) is 11.8. The van der Waals surface area contributed by atoms with Crippen LogP contribution >= 0.6 is 0 Å². The quantitative estimate of drug-likeness (QED) is 0.812. The topological polar surface area (TPSA) is 32.3 Å². The third kappa shape index (κ3) is 3.05. The van der Waals surface area contributed by atoms with E-state index in [1.165, 1.54) is 51.4 Å². The average molecular weight is 250 g/mol. The Hall–Kier alpha value is -0.570. The van der Waals surface area contributed by atoms with Gasteiger partial charge in [-0.15, -0.1) is 0 Å². The molecule has 0 aromatic heterocycles. The first-order valence-corrected chi connectivity index (χ1v) is 7.88. The van der Waals surface area contributed by atoms with Crippen molar-refractivity contribution in [1.82, 2.24) is 10.2 Å². The van der Waals surface area contributed by atoms with E-state index in [2.05, 4.69) is 10.2 Å². The molecule has 1 saturated heterocycles. The number of rotatable bonds is 5. The first-order valence-electron chi connectivity index (χ1n) is 7.88. The van der Waals surface area contributed by atoms with E-state index in [4.69, 9.17) is 0 Å². The third-order valence-corrected chi connectivity index (χ3v) is 4.84. The number of carbonyl (C=O) groups is 1. The van der Waals surface area contributed by atoms with Gasteiger partial charge in [0.05, 0.1) is 6.04 Å². The maximum absolute atomic E-state index is 12.2. The molecule has 0 radical (unpaired) electrons. The number of nitrogens with one attached hydrogen (secondary N) is 1. The van der Waals surface area contributed by atoms with E-state index >= 15 is 0 Å². The van der Waals surface area contributed by atoms with Gasteiger partial charge in [-0.05, 0) is 31.6 Å². The molecule has 0 aromatic carbocycles. The number of hydrogen-bond donors (Lipinski definition) is 1. The zero-order valence-corrected chi connectivity index (χ0v) is 11.4. The molecule has 1 aliphatic heterocycles. The molecule has 3 nitrogen and oxygen atoms in total. The molecule has 0 aromatic rings. The second kappa shape index (κ2) is 5.60. The molecule has 3 heteroatoms. The van der Waals surface area contributed by atoms with E-state index in [1.54, 1.807) is 0 Å². The van der Waals surface area contributed by atoms with Crippen molar-refractivity contribution in [2.45, 2.75) is 69.9 Å². The molecule has 1 N–H and O–H groups in total. The number of carbonyl (C=O) groups excluding carboxylic acids is 1. The fourth-order valence-corrected chi connectivity index (χ4v) is 3.46. The molecule has 18 heavy (non-hydrogen) atoms. The van der Waals surface area contributed by atoms with Crippen LogP contribution < -0.4 is 5.32 Å². The van der Waals surface area contributed by atoms with Crippen molar-refractivity contribution in [1.29, 1.82) is 0 Å². The van der Waals surface area contributed by atoms with Crippen molar-refractivity contribution in [3.05, 3.63) is 0 Å². The molecule has 1 amide bonds. The smallest absolute Gasteiger partial charge is 0.239 e. The van der Waals surface area contributed by atoms with E-state index in [1.807, 2.05) is 0 Å². The molecule has 3 aliphatic rings. The molecule has 2 aliphatic carbocycles. The summed E-state index contributed by atoms with van der Waals surface area (Å²) in [5.74, 6) is 1.26. The molecule has 0 bridgehead atoms. The summed E-state index contributed by atoms with van der Waals surface area (Å²) in [4.78, 5) is 14.3. The predicted octanol–water partition coefficient (Wildman–Crippen LogP) is 2.31. The first-order chi connectivity index (χ1) is 8.83. The number of likely N-dealkylation sites (tertiary alicyclic amines) is 1. The van der Waals surface area contributed by atoms with Crippen LogP contribution in [-0.4, -0.2) is 36.0 Å². The van der Waals surface area contributed by atoms with Crippen LogP contribution in [0.5, 0.6) is 0 Å². The molecule has 1 atom stereocenters. The van der Waals surface area contributed by atoms with Crippen LogP contribution in [0.3, 0.4) is 0 Å². The molecule has 102 valence electrons. The van der Waals surface area contributed by atoms with Gasteiger partial charge in [-0.2, -0.15) is 0 Å². The average Bonchev–Trinajstić information content (AvgIpc) is 3.15. The molecular formula is C15H26N2O. The summed E-state index contributed by atoms with van der Waals surface area (Å²) >= 11 is 0. The van der Waals surface area contributed by atoms with E-state index in [0.717, 1.165) is 25.4 Å². The minimum Gasteiger partial charge on any atom is -0.341 e. The minimum absolute atomic E-state index is 0.142. The Kier molecular flexibility index (Phi) is 3.88. The van der Waals surface area contributed by atoms with Gasteiger partial charge in [0.15, 0.2) is 0 Å². The summed E-state index contributed by atoms with van der Waals surface area (Å²) in [7, 11) is 0. The molecule has 0 spiro atoms. The fraction of sp³-hybridized carbons (Fsp3) is 0.933. The highest BCUT2D eigenvalue weighted by Crippen LogP contribution is 2.27. The highest BCUT2D eigenvalue weighted by Gasteiger charge is 2.35. The van der Waals surface area contributed by atoms with E-state index < -0.39 is 0 Å². The molecule has 1 heterocycles. The van der Waals surface area contributed by atoms with Gasteiger partial charge in [0, 0.05) is 19.1 Å². The predicted molar refractivity (Wildman–Crippen MR) is 72.3 cm³/mol. The second-order valence-electron chi connectivity index (χ2n) is 6.40. The van der Waals surface area contributed by atoms with Crippen molar-refractivity contribution < 1.29 is 4.79 Å². The van der Waals surface area contributed by atoms with Gasteiger partial charge in [-0.1, -0.05) is 32.1 Å². The summed E-state index contributed by atoms with van der Waals surface area (Å²) in [5.41, 5.74) is 0. The Morgan fingerprint density at radius 2 is 1.83 bits per heavy atom. The van der Waals surface area contributed by atoms with E-state index in [9.17, 15) is 4.79 Å². The van der Waals surface area contributed by atoms with Gasteiger partial charge in [0.1, 0.15) is 0 Å². The Balaban J connectivity index is 1.41. The van der Waals surface area contributed by atoms with Crippen LogP contribution in [-0.2, 0) is 4.79 Å². The monoisotopic (exact) mass is 250 g/mol. The number of amides is 1. The lowest BCUT2D eigenvalue weighted by molar-refractivity contribution is -0.129. The van der Waals surface area contributed by atoms with Gasteiger partial charge < -0.3 is 10.2 Å². The van der Waals surface area contributed by atoms with Crippen LogP contribution in [0.2, 0.25) is 0 Å². The lowest BCUT2D eigenvalue weighted by atomic mass is 9.87. The van der Waals surface area contributed by atoms with Gasteiger partial charge in [-0.3, -0.25) is 4.79 Å². The summed E-state index contributed by atoms with van der Waals surface area (Å²) in [6, 6.07) is 0.793. The lowest BCUT2D eigenvalue weighted by Crippen LogP contribution is -2.39. The van der Waals surface area contributed by atoms with Crippen LogP contribution in [0.25, 0.3) is 0 Å². The normalized spacial score (nSPS) is 30.1. The van der Waals surface area contributed by atoms with Crippen molar-refractivity contribution in [3.8, 4) is 0 Å². The third-order valence-electron chi connectivity index (χ3n) is 4.84. The second-order valence-corrected chi connectivity index (χ2v) is 6.40. The first kappa shape index (κ1) is 12.5. The zero-order chi connectivity index (χ0) is 12.4. The van der Waals surface area contributed by atoms with Crippen LogP contribution in [0.4, 0.5) is 0 Å². The van der Waals surface area contributed by atoms with Crippen molar-refractivity contribution in [2.75, 3.05) is 13.1 Å². The largest absolute Gasteiger partial charge is 0.341 e. The lowest BCUT2D eigenvalue weighted by Gasteiger charge is -2.24. The maximum Gasteiger partial charge on any atom is 0.239 e.